The molecule has 8 unspecified atom stereocenters. The van der Waals surface area contributed by atoms with Gasteiger partial charge in [0.15, 0.2) is 0 Å². The molecule has 2 saturated heterocycles. The van der Waals surface area contributed by atoms with Crippen molar-refractivity contribution in [2.45, 2.75) is 61.9 Å². The largest absolute Gasteiger partial charge is 0.508 e. The average molecular weight is 630 g/mol. The summed E-state index contributed by atoms with van der Waals surface area (Å²) in [5, 5.41) is 62.6. The van der Waals surface area contributed by atoms with Gasteiger partial charge in [-0.05, 0) is 77.8 Å². The Kier molecular flexibility index (Phi) is 9.70. The molecule has 0 spiro atoms. The molecule has 2 heterocycles. The van der Waals surface area contributed by atoms with Crippen molar-refractivity contribution >= 4 is 5.69 Å². The lowest BCUT2D eigenvalue weighted by molar-refractivity contribution is -0.231. The van der Waals surface area contributed by atoms with Crippen LogP contribution in [0.25, 0.3) is 11.1 Å². The van der Waals surface area contributed by atoms with Crippen molar-refractivity contribution in [2.24, 2.45) is 5.92 Å². The molecule has 0 amide bonds. The number of halogens is 1. The van der Waals surface area contributed by atoms with Crippen molar-refractivity contribution in [1.82, 2.24) is 0 Å². The zero-order valence-corrected chi connectivity index (χ0v) is 25.3. The average Bonchev–Trinajstić information content (AvgIpc) is 3.50. The minimum absolute atomic E-state index is 0.120. The Morgan fingerprint density at radius 2 is 1.52 bits per heavy atom. The van der Waals surface area contributed by atoms with Crippen LogP contribution in [0.4, 0.5) is 10.1 Å². The second-order valence-corrected chi connectivity index (χ2v) is 12.3. The number of rotatable bonds is 9. The van der Waals surface area contributed by atoms with Gasteiger partial charge in [-0.15, -0.1) is 0 Å². The van der Waals surface area contributed by atoms with Crippen LogP contribution in [0.1, 0.15) is 54.2 Å². The Labute approximate surface area is 267 Å². The molecule has 46 heavy (non-hydrogen) atoms. The van der Waals surface area contributed by atoms with Gasteiger partial charge in [-0.2, -0.15) is 0 Å². The van der Waals surface area contributed by atoms with Crippen LogP contribution in [0.5, 0.6) is 5.75 Å². The number of anilines is 1. The van der Waals surface area contributed by atoms with Gasteiger partial charge in [0.1, 0.15) is 42.1 Å². The Bertz CT molecular complexity index is 1580. The molecule has 242 valence electrons. The van der Waals surface area contributed by atoms with Gasteiger partial charge in [-0.3, -0.25) is 0 Å². The van der Waals surface area contributed by atoms with Crippen molar-refractivity contribution in [1.29, 1.82) is 0 Å². The third-order valence-corrected chi connectivity index (χ3v) is 9.49. The predicted molar refractivity (Wildman–Crippen MR) is 171 cm³/mol. The highest BCUT2D eigenvalue weighted by Gasteiger charge is 2.44. The maximum atomic E-state index is 13.4. The van der Waals surface area contributed by atoms with Gasteiger partial charge in [0, 0.05) is 17.8 Å². The summed E-state index contributed by atoms with van der Waals surface area (Å²) in [5.74, 6) is -0.0220. The maximum Gasteiger partial charge on any atom is 0.123 e. The lowest BCUT2D eigenvalue weighted by Gasteiger charge is -2.40. The van der Waals surface area contributed by atoms with Crippen LogP contribution in [-0.2, 0) is 4.74 Å². The highest BCUT2D eigenvalue weighted by Crippen LogP contribution is 2.46. The molecule has 2 fully saturated rings. The van der Waals surface area contributed by atoms with Gasteiger partial charge in [0.25, 0.3) is 0 Å². The molecule has 9 heteroatoms. The van der Waals surface area contributed by atoms with Crippen LogP contribution in [0.3, 0.4) is 0 Å². The third kappa shape index (κ3) is 6.53. The van der Waals surface area contributed by atoms with Crippen LogP contribution in [-0.4, -0.2) is 68.2 Å². The van der Waals surface area contributed by atoms with Crippen LogP contribution < -0.4 is 4.90 Å². The zero-order valence-electron chi connectivity index (χ0n) is 25.3. The van der Waals surface area contributed by atoms with Crippen molar-refractivity contribution in [2.75, 3.05) is 18.1 Å². The SMILES string of the molecule is OCC1OC(c2ccc(-c3ccc(C4C(CCC(O)c5ccc(F)cc5)CCN4c4ccccc4)c(O)c3)cc2)C(O)C(O)C1O. The molecule has 0 bridgehead atoms. The van der Waals surface area contributed by atoms with E-state index >= 15 is 0 Å². The first-order chi connectivity index (χ1) is 22.2. The van der Waals surface area contributed by atoms with Crippen LogP contribution in [0.2, 0.25) is 0 Å². The summed E-state index contributed by atoms with van der Waals surface area (Å²) in [5.41, 5.74) is 4.72. The van der Waals surface area contributed by atoms with E-state index in [9.17, 15) is 35.0 Å². The van der Waals surface area contributed by atoms with Gasteiger partial charge in [-0.25, -0.2) is 4.39 Å². The van der Waals surface area contributed by atoms with Crippen LogP contribution >= 0.6 is 0 Å². The van der Waals surface area contributed by atoms with Crippen molar-refractivity contribution in [3.8, 4) is 16.9 Å². The smallest absolute Gasteiger partial charge is 0.123 e. The maximum absolute atomic E-state index is 13.4. The fraction of sp³-hybridized carbons (Fsp3) is 0.351. The van der Waals surface area contributed by atoms with Crippen molar-refractivity contribution < 1.29 is 39.8 Å². The fourth-order valence-electron chi connectivity index (χ4n) is 6.93. The number of aliphatic hydroxyl groups is 5. The quantitative estimate of drug-likeness (QED) is 0.156. The summed E-state index contributed by atoms with van der Waals surface area (Å²) in [6, 6.07) is 28.7. The molecule has 6 N–H and O–H groups in total. The van der Waals surface area contributed by atoms with E-state index in [0.29, 0.717) is 24.0 Å². The molecule has 4 aromatic carbocycles. The second-order valence-electron chi connectivity index (χ2n) is 12.3. The number of phenolic OH excluding ortho intramolecular Hbond substituents is 1. The second kappa shape index (κ2) is 13.9. The standard InChI is InChI=1S/C37H40FNO7/c38-27-14-10-23(11-15-27)30(41)17-13-24-18-19-39(28-4-2-1-3-5-28)33(24)29-16-12-26(20-31(29)42)22-6-8-25(9-7-22)37-36(45)35(44)34(43)32(21-40)46-37/h1-12,14-16,20,24,30,32-37,40-45H,13,17-19,21H2. The lowest BCUT2D eigenvalue weighted by atomic mass is 9.86. The molecule has 8 nitrogen and oxygen atoms in total. The van der Waals surface area contributed by atoms with E-state index in [1.165, 1.54) is 12.1 Å². The van der Waals surface area contributed by atoms with Crippen LogP contribution in [0, 0.1) is 11.7 Å². The number of benzene rings is 4. The molecule has 2 aliphatic rings. The van der Waals surface area contributed by atoms with Crippen molar-refractivity contribution in [3.63, 3.8) is 0 Å². The molecule has 4 aromatic rings. The predicted octanol–water partition coefficient (Wildman–Crippen LogP) is 4.79. The number of ether oxygens (including phenoxy) is 1. The highest BCUT2D eigenvalue weighted by atomic mass is 19.1. The molecular weight excluding hydrogens is 589 g/mol. The highest BCUT2D eigenvalue weighted by molar-refractivity contribution is 5.67. The Hall–Kier alpha value is -3.83. The summed E-state index contributed by atoms with van der Waals surface area (Å²) in [4.78, 5) is 2.30. The van der Waals surface area contributed by atoms with Gasteiger partial charge >= 0.3 is 0 Å². The summed E-state index contributed by atoms with van der Waals surface area (Å²) >= 11 is 0. The summed E-state index contributed by atoms with van der Waals surface area (Å²) in [6.07, 6.45) is -4.77. The Morgan fingerprint density at radius 1 is 0.826 bits per heavy atom. The molecule has 0 aromatic heterocycles. The molecule has 2 aliphatic heterocycles. The number of hydrogen-bond acceptors (Lipinski definition) is 8. The first-order valence-electron chi connectivity index (χ1n) is 15.7. The Balaban J connectivity index is 1.23. The van der Waals surface area contributed by atoms with Gasteiger partial charge in [0.2, 0.25) is 0 Å². The number of aliphatic hydroxyl groups excluding tert-OH is 5. The fourth-order valence-corrected chi connectivity index (χ4v) is 6.93. The number of aromatic hydroxyl groups is 1. The molecular formula is C37H40FNO7. The van der Waals surface area contributed by atoms with E-state index in [1.54, 1.807) is 30.3 Å². The topological polar surface area (TPSA) is 134 Å². The third-order valence-electron chi connectivity index (χ3n) is 9.49. The van der Waals surface area contributed by atoms with E-state index < -0.39 is 43.2 Å². The molecule has 8 atom stereocenters. The molecule has 6 rings (SSSR count). The van der Waals surface area contributed by atoms with E-state index in [4.69, 9.17) is 4.74 Å². The molecule has 0 aliphatic carbocycles. The summed E-state index contributed by atoms with van der Waals surface area (Å²) in [7, 11) is 0. The number of nitrogens with zero attached hydrogens (tertiary/aromatic N) is 1. The first-order valence-corrected chi connectivity index (χ1v) is 15.7. The van der Waals surface area contributed by atoms with Gasteiger partial charge in [0.05, 0.1) is 18.8 Å². The molecule has 0 saturated carbocycles. The summed E-state index contributed by atoms with van der Waals surface area (Å²) < 4.78 is 19.1. The van der Waals surface area contributed by atoms with Gasteiger partial charge in [-0.1, -0.05) is 66.7 Å². The van der Waals surface area contributed by atoms with E-state index in [0.717, 1.165) is 35.3 Å². The minimum Gasteiger partial charge on any atom is -0.508 e. The Morgan fingerprint density at radius 3 is 2.20 bits per heavy atom. The lowest BCUT2D eigenvalue weighted by Crippen LogP contribution is -2.55. The van der Waals surface area contributed by atoms with Crippen molar-refractivity contribution in [3.05, 3.63) is 120 Å². The zero-order chi connectivity index (χ0) is 32.4. The normalized spacial score (nSPS) is 27.1. The van der Waals surface area contributed by atoms with E-state index in [2.05, 4.69) is 17.0 Å². The van der Waals surface area contributed by atoms with E-state index in [-0.39, 0.29) is 23.5 Å². The number of hydrogen-bond donors (Lipinski definition) is 6. The first kappa shape index (κ1) is 32.1. The molecule has 0 radical (unpaired) electrons. The van der Waals surface area contributed by atoms with Gasteiger partial charge < -0.3 is 40.3 Å². The number of phenols is 1. The monoisotopic (exact) mass is 629 g/mol. The summed E-state index contributed by atoms with van der Waals surface area (Å²) in [6.45, 7) is 0.302. The minimum atomic E-state index is -1.46. The number of para-hydroxylation sites is 1. The van der Waals surface area contributed by atoms with E-state index in [1.807, 2.05) is 42.5 Å². The van der Waals surface area contributed by atoms with Crippen LogP contribution in [0.15, 0.2) is 97.1 Å².